The lowest BCUT2D eigenvalue weighted by Gasteiger charge is -2.22. The molecule has 5 heteroatoms. The molecule has 1 amide bonds. The van der Waals surface area contributed by atoms with Crippen molar-refractivity contribution >= 4 is 16.9 Å². The Balaban J connectivity index is 1.35. The van der Waals surface area contributed by atoms with E-state index in [1.165, 1.54) is 5.56 Å². The van der Waals surface area contributed by atoms with Gasteiger partial charge in [0, 0.05) is 13.1 Å². The number of carbonyl (C=O) groups excluding carboxylic acids is 1. The summed E-state index contributed by atoms with van der Waals surface area (Å²) >= 11 is 0. The molecule has 2 aromatic carbocycles. The van der Waals surface area contributed by atoms with E-state index in [9.17, 15) is 4.79 Å². The molecule has 4 rings (SSSR count). The van der Waals surface area contributed by atoms with E-state index in [-0.39, 0.29) is 11.9 Å². The molecule has 2 heterocycles. The van der Waals surface area contributed by atoms with Crippen LogP contribution < -0.4 is 10.6 Å². The van der Waals surface area contributed by atoms with Crippen molar-refractivity contribution in [2.45, 2.75) is 38.4 Å². The van der Waals surface area contributed by atoms with E-state index >= 15 is 0 Å². The third-order valence-electron chi connectivity index (χ3n) is 5.00. The van der Waals surface area contributed by atoms with Crippen molar-refractivity contribution in [3.63, 3.8) is 0 Å². The molecule has 1 saturated heterocycles. The van der Waals surface area contributed by atoms with E-state index in [1.54, 1.807) is 0 Å². The van der Waals surface area contributed by atoms with Gasteiger partial charge in [-0.05, 0) is 42.6 Å². The van der Waals surface area contributed by atoms with E-state index in [0.717, 1.165) is 48.9 Å². The fraction of sp³-hybridized carbons (Fsp3) is 0.333. The first-order valence-electron chi connectivity index (χ1n) is 9.28. The Labute approximate surface area is 153 Å². The zero-order chi connectivity index (χ0) is 17.8. The summed E-state index contributed by atoms with van der Waals surface area (Å²) in [4.78, 5) is 16.6. The predicted molar refractivity (Wildman–Crippen MR) is 103 cm³/mol. The van der Waals surface area contributed by atoms with Gasteiger partial charge < -0.3 is 15.2 Å². The second-order valence-corrected chi connectivity index (χ2v) is 6.90. The summed E-state index contributed by atoms with van der Waals surface area (Å²) in [5.74, 6) is 0.110. The normalized spacial score (nSPS) is 17.3. The van der Waals surface area contributed by atoms with Crippen LogP contribution in [0.15, 0.2) is 54.9 Å². The summed E-state index contributed by atoms with van der Waals surface area (Å²) in [7, 11) is 0. The largest absolute Gasteiger partial charge is 0.351 e. The third kappa shape index (κ3) is 3.78. The molecule has 0 bridgehead atoms. The molecular formula is C21H24N4O. The maximum absolute atomic E-state index is 12.2. The van der Waals surface area contributed by atoms with Crippen LogP contribution in [0.5, 0.6) is 0 Å². The van der Waals surface area contributed by atoms with Crippen LogP contribution in [0, 0.1) is 0 Å². The van der Waals surface area contributed by atoms with Crippen LogP contribution in [0.4, 0.5) is 0 Å². The van der Waals surface area contributed by atoms with Crippen molar-refractivity contribution < 1.29 is 4.79 Å². The van der Waals surface area contributed by atoms with Crippen molar-refractivity contribution in [2.75, 3.05) is 6.54 Å². The molecule has 134 valence electrons. The van der Waals surface area contributed by atoms with Gasteiger partial charge in [-0.2, -0.15) is 0 Å². The Morgan fingerprint density at radius 2 is 1.92 bits per heavy atom. The monoisotopic (exact) mass is 348 g/mol. The first kappa shape index (κ1) is 16.8. The highest BCUT2D eigenvalue weighted by Gasteiger charge is 2.19. The van der Waals surface area contributed by atoms with E-state index in [1.807, 2.05) is 24.5 Å². The number of para-hydroxylation sites is 2. The van der Waals surface area contributed by atoms with Crippen LogP contribution in [-0.4, -0.2) is 28.0 Å². The van der Waals surface area contributed by atoms with Gasteiger partial charge in [0.25, 0.3) is 0 Å². The fourth-order valence-corrected chi connectivity index (χ4v) is 3.48. The van der Waals surface area contributed by atoms with E-state index in [2.05, 4.69) is 50.5 Å². The fourth-order valence-electron chi connectivity index (χ4n) is 3.48. The smallest absolute Gasteiger partial charge is 0.237 e. The molecule has 0 unspecified atom stereocenters. The number of benzene rings is 2. The molecule has 0 radical (unpaired) electrons. The molecule has 0 spiro atoms. The van der Waals surface area contributed by atoms with Crippen LogP contribution in [0.1, 0.15) is 30.4 Å². The topological polar surface area (TPSA) is 59.0 Å². The Bertz CT molecular complexity index is 878. The second-order valence-electron chi connectivity index (χ2n) is 6.90. The number of imidazole rings is 1. The molecule has 0 aliphatic carbocycles. The molecule has 1 aromatic heterocycles. The summed E-state index contributed by atoms with van der Waals surface area (Å²) in [5, 5.41) is 6.32. The minimum absolute atomic E-state index is 0.0301. The molecule has 0 saturated carbocycles. The molecule has 5 nitrogen and oxygen atoms in total. The average Bonchev–Trinajstić information content (AvgIpc) is 3.11. The van der Waals surface area contributed by atoms with Crippen LogP contribution in [0.2, 0.25) is 0 Å². The minimum Gasteiger partial charge on any atom is -0.351 e. The van der Waals surface area contributed by atoms with E-state index in [4.69, 9.17) is 0 Å². The van der Waals surface area contributed by atoms with Crippen LogP contribution in [0.3, 0.4) is 0 Å². The van der Waals surface area contributed by atoms with Gasteiger partial charge >= 0.3 is 0 Å². The molecular weight excluding hydrogens is 324 g/mol. The van der Waals surface area contributed by atoms with Gasteiger partial charge in [-0.3, -0.25) is 4.79 Å². The number of piperidine rings is 1. The lowest BCUT2D eigenvalue weighted by Crippen LogP contribution is -2.46. The van der Waals surface area contributed by atoms with Gasteiger partial charge in [-0.1, -0.05) is 42.8 Å². The zero-order valence-electron chi connectivity index (χ0n) is 14.8. The van der Waals surface area contributed by atoms with Crippen LogP contribution in [-0.2, 0) is 17.9 Å². The standard InChI is InChI=1S/C21H24N4O/c26-21(19-6-3-4-12-22-19)23-13-16-8-10-17(11-9-16)14-25-15-24-18-5-1-2-7-20(18)25/h1-2,5,7-11,15,19,22H,3-4,6,12-14H2,(H,23,26)/t19-/m1/s1. The summed E-state index contributed by atoms with van der Waals surface area (Å²) < 4.78 is 2.15. The van der Waals surface area contributed by atoms with Gasteiger partial charge in [0.2, 0.25) is 5.91 Å². The minimum atomic E-state index is -0.0301. The van der Waals surface area contributed by atoms with Crippen LogP contribution >= 0.6 is 0 Å². The number of hydrogen-bond donors (Lipinski definition) is 2. The first-order valence-corrected chi connectivity index (χ1v) is 9.28. The summed E-state index contributed by atoms with van der Waals surface area (Å²) in [6, 6.07) is 16.5. The SMILES string of the molecule is O=C(NCc1ccc(Cn2cnc3ccccc32)cc1)[C@H]1CCCCN1. The lowest BCUT2D eigenvalue weighted by molar-refractivity contribution is -0.123. The van der Waals surface area contributed by atoms with Crippen molar-refractivity contribution in [3.8, 4) is 0 Å². The maximum atomic E-state index is 12.2. The van der Waals surface area contributed by atoms with Crippen molar-refractivity contribution in [1.82, 2.24) is 20.2 Å². The highest BCUT2D eigenvalue weighted by molar-refractivity contribution is 5.81. The number of hydrogen-bond acceptors (Lipinski definition) is 3. The first-order chi connectivity index (χ1) is 12.8. The zero-order valence-corrected chi connectivity index (χ0v) is 14.8. The van der Waals surface area contributed by atoms with Crippen LogP contribution in [0.25, 0.3) is 11.0 Å². The maximum Gasteiger partial charge on any atom is 0.237 e. The Morgan fingerprint density at radius 3 is 2.73 bits per heavy atom. The number of carbonyl (C=O) groups is 1. The number of amides is 1. The molecule has 26 heavy (non-hydrogen) atoms. The summed E-state index contributed by atoms with van der Waals surface area (Å²) in [6.45, 7) is 2.31. The molecule has 1 aliphatic rings. The summed E-state index contributed by atoms with van der Waals surface area (Å²) in [6.07, 6.45) is 5.11. The van der Waals surface area contributed by atoms with E-state index in [0.29, 0.717) is 6.54 Å². The Morgan fingerprint density at radius 1 is 1.12 bits per heavy atom. The summed E-state index contributed by atoms with van der Waals surface area (Å²) in [5.41, 5.74) is 4.50. The van der Waals surface area contributed by atoms with Crippen molar-refractivity contribution in [2.24, 2.45) is 0 Å². The van der Waals surface area contributed by atoms with Crippen molar-refractivity contribution in [3.05, 3.63) is 66.0 Å². The Hall–Kier alpha value is -2.66. The molecule has 2 N–H and O–H groups in total. The number of fused-ring (bicyclic) bond motifs is 1. The third-order valence-corrected chi connectivity index (χ3v) is 5.00. The van der Waals surface area contributed by atoms with Gasteiger partial charge in [0.15, 0.2) is 0 Å². The molecule has 1 atom stereocenters. The van der Waals surface area contributed by atoms with Gasteiger partial charge in [0.1, 0.15) is 0 Å². The average molecular weight is 348 g/mol. The van der Waals surface area contributed by atoms with Gasteiger partial charge in [-0.25, -0.2) is 4.98 Å². The highest BCUT2D eigenvalue weighted by atomic mass is 16.2. The molecule has 3 aromatic rings. The predicted octanol–water partition coefficient (Wildman–Crippen LogP) is 2.84. The van der Waals surface area contributed by atoms with E-state index < -0.39 is 0 Å². The Kier molecular flexibility index (Phi) is 4.97. The highest BCUT2D eigenvalue weighted by Crippen LogP contribution is 2.14. The quantitative estimate of drug-likeness (QED) is 0.745. The lowest BCUT2D eigenvalue weighted by atomic mass is 10.0. The molecule has 1 fully saturated rings. The van der Waals surface area contributed by atoms with Crippen molar-refractivity contribution in [1.29, 1.82) is 0 Å². The molecule has 1 aliphatic heterocycles. The number of aromatic nitrogens is 2. The van der Waals surface area contributed by atoms with Gasteiger partial charge in [0.05, 0.1) is 23.4 Å². The number of nitrogens with zero attached hydrogens (tertiary/aromatic N) is 2. The van der Waals surface area contributed by atoms with Gasteiger partial charge in [-0.15, -0.1) is 0 Å². The second kappa shape index (κ2) is 7.70. The number of rotatable bonds is 5. The number of nitrogens with one attached hydrogen (secondary N) is 2.